The van der Waals surface area contributed by atoms with E-state index in [1.54, 1.807) is 0 Å². The van der Waals surface area contributed by atoms with Crippen molar-refractivity contribution < 1.29 is 14.7 Å². The number of carbonyl (C=O) groups excluding carboxylic acids is 1. The Balaban J connectivity index is 1.79. The van der Waals surface area contributed by atoms with E-state index >= 15 is 0 Å². The molecule has 5 heteroatoms. The van der Waals surface area contributed by atoms with E-state index in [9.17, 15) is 9.59 Å². The number of nitrogens with one attached hydrogen (secondary N) is 1. The maximum Gasteiger partial charge on any atom is 0.317 e. The summed E-state index contributed by atoms with van der Waals surface area (Å²) in [5, 5.41) is 11.8. The quantitative estimate of drug-likeness (QED) is 0.802. The van der Waals surface area contributed by atoms with E-state index in [1.165, 1.54) is 6.42 Å². The summed E-state index contributed by atoms with van der Waals surface area (Å²) in [5.74, 6) is 0.605. The molecule has 3 unspecified atom stereocenters. The molecule has 2 fully saturated rings. The van der Waals surface area contributed by atoms with Gasteiger partial charge in [-0.25, -0.2) is 4.79 Å². The number of piperidine rings is 1. The van der Waals surface area contributed by atoms with Crippen LogP contribution in [0.1, 0.15) is 45.4 Å². The molecular formula is C14H24N2O3. The van der Waals surface area contributed by atoms with Crippen LogP contribution in [0.4, 0.5) is 4.79 Å². The molecule has 108 valence electrons. The number of likely N-dealkylation sites (tertiary alicyclic amines) is 1. The Morgan fingerprint density at radius 3 is 2.74 bits per heavy atom. The highest BCUT2D eigenvalue weighted by molar-refractivity contribution is 5.75. The minimum Gasteiger partial charge on any atom is -0.481 e. The number of rotatable bonds is 5. The Bertz CT molecular complexity index is 346. The molecule has 5 nitrogen and oxygen atoms in total. The summed E-state index contributed by atoms with van der Waals surface area (Å²) < 4.78 is 0. The van der Waals surface area contributed by atoms with Crippen molar-refractivity contribution in [3.05, 3.63) is 0 Å². The van der Waals surface area contributed by atoms with Gasteiger partial charge < -0.3 is 15.3 Å². The summed E-state index contributed by atoms with van der Waals surface area (Å²) in [6.07, 6.45) is 4.98. The first-order valence-electron chi connectivity index (χ1n) is 7.34. The third kappa shape index (κ3) is 4.11. The van der Waals surface area contributed by atoms with Crippen molar-refractivity contribution in [2.75, 3.05) is 13.1 Å². The minimum atomic E-state index is -0.780. The van der Waals surface area contributed by atoms with Crippen molar-refractivity contribution in [3.8, 4) is 0 Å². The van der Waals surface area contributed by atoms with Crippen molar-refractivity contribution >= 4 is 12.0 Å². The molecule has 2 rings (SSSR count). The first-order chi connectivity index (χ1) is 9.08. The molecule has 0 radical (unpaired) electrons. The predicted molar refractivity (Wildman–Crippen MR) is 71.9 cm³/mol. The third-order valence-electron chi connectivity index (χ3n) is 4.37. The molecule has 1 heterocycles. The molecule has 0 aromatic carbocycles. The molecule has 0 aromatic heterocycles. The smallest absolute Gasteiger partial charge is 0.317 e. The summed E-state index contributed by atoms with van der Waals surface area (Å²) in [6.45, 7) is 3.73. The maximum absolute atomic E-state index is 12.2. The third-order valence-corrected chi connectivity index (χ3v) is 4.37. The van der Waals surface area contributed by atoms with Gasteiger partial charge in [0.15, 0.2) is 0 Å². The summed E-state index contributed by atoms with van der Waals surface area (Å²) in [4.78, 5) is 24.7. The molecule has 1 saturated heterocycles. The SMILES string of the molecule is CC1CC1CNC(=O)N1CCCCC1CCC(=O)O. The Morgan fingerprint density at radius 1 is 1.37 bits per heavy atom. The zero-order chi connectivity index (χ0) is 13.8. The largest absolute Gasteiger partial charge is 0.481 e. The fourth-order valence-corrected chi connectivity index (χ4v) is 2.86. The first-order valence-corrected chi connectivity index (χ1v) is 7.34. The van der Waals surface area contributed by atoms with E-state index in [4.69, 9.17) is 5.11 Å². The van der Waals surface area contributed by atoms with Crippen LogP contribution in [0.5, 0.6) is 0 Å². The monoisotopic (exact) mass is 268 g/mol. The highest BCUT2D eigenvalue weighted by Crippen LogP contribution is 2.36. The Hall–Kier alpha value is -1.26. The van der Waals surface area contributed by atoms with Gasteiger partial charge in [-0.05, 0) is 43.9 Å². The number of hydrogen-bond donors (Lipinski definition) is 2. The Labute approximate surface area is 114 Å². The summed E-state index contributed by atoms with van der Waals surface area (Å²) >= 11 is 0. The van der Waals surface area contributed by atoms with Crippen LogP contribution in [-0.4, -0.2) is 41.1 Å². The average Bonchev–Trinajstić information content (AvgIpc) is 3.10. The van der Waals surface area contributed by atoms with Gasteiger partial charge >= 0.3 is 12.0 Å². The standard InChI is InChI=1S/C14H24N2O3/c1-10-8-11(10)9-15-14(19)16-7-3-2-4-12(16)5-6-13(17)18/h10-12H,2-9H2,1H3,(H,15,19)(H,17,18). The predicted octanol–water partition coefficient (Wildman–Crippen LogP) is 2.07. The highest BCUT2D eigenvalue weighted by Gasteiger charge is 2.33. The highest BCUT2D eigenvalue weighted by atomic mass is 16.4. The molecular weight excluding hydrogens is 244 g/mol. The van der Waals surface area contributed by atoms with Crippen LogP contribution in [0.15, 0.2) is 0 Å². The lowest BCUT2D eigenvalue weighted by Crippen LogP contribution is -2.49. The Kier molecular flexibility index (Phi) is 4.66. The molecule has 2 N–H and O–H groups in total. The zero-order valence-electron chi connectivity index (χ0n) is 11.6. The summed E-state index contributed by atoms with van der Waals surface area (Å²) in [7, 11) is 0. The van der Waals surface area contributed by atoms with E-state index in [0.29, 0.717) is 12.3 Å². The van der Waals surface area contributed by atoms with Gasteiger partial charge in [-0.3, -0.25) is 4.79 Å². The lowest BCUT2D eigenvalue weighted by atomic mass is 9.98. The summed E-state index contributed by atoms with van der Waals surface area (Å²) in [5.41, 5.74) is 0. The minimum absolute atomic E-state index is 0.00538. The second-order valence-corrected chi connectivity index (χ2v) is 5.93. The molecule has 19 heavy (non-hydrogen) atoms. The number of carboxylic acids is 1. The fourth-order valence-electron chi connectivity index (χ4n) is 2.86. The van der Waals surface area contributed by atoms with Crippen LogP contribution in [0, 0.1) is 11.8 Å². The second-order valence-electron chi connectivity index (χ2n) is 5.93. The lowest BCUT2D eigenvalue weighted by molar-refractivity contribution is -0.137. The zero-order valence-corrected chi connectivity index (χ0v) is 11.6. The number of amides is 2. The van der Waals surface area contributed by atoms with Gasteiger partial charge in [-0.15, -0.1) is 0 Å². The van der Waals surface area contributed by atoms with Crippen LogP contribution in [0.25, 0.3) is 0 Å². The molecule has 0 bridgehead atoms. The topological polar surface area (TPSA) is 69.6 Å². The van der Waals surface area contributed by atoms with Crippen molar-refractivity contribution in [1.82, 2.24) is 10.2 Å². The molecule has 2 aliphatic rings. The number of hydrogen-bond acceptors (Lipinski definition) is 2. The van der Waals surface area contributed by atoms with Gasteiger partial charge in [0.2, 0.25) is 0 Å². The van der Waals surface area contributed by atoms with E-state index in [2.05, 4.69) is 12.2 Å². The van der Waals surface area contributed by atoms with Crippen LogP contribution in [0.3, 0.4) is 0 Å². The number of urea groups is 1. The normalized spacial score (nSPS) is 29.9. The molecule has 3 atom stereocenters. The number of carbonyl (C=O) groups is 2. The Morgan fingerprint density at radius 2 is 2.11 bits per heavy atom. The number of carboxylic acid groups (broad SMARTS) is 1. The van der Waals surface area contributed by atoms with Crippen molar-refractivity contribution in [2.45, 2.75) is 51.5 Å². The van der Waals surface area contributed by atoms with Gasteiger partial charge in [-0.1, -0.05) is 6.92 Å². The lowest BCUT2D eigenvalue weighted by Gasteiger charge is -2.35. The van der Waals surface area contributed by atoms with Crippen molar-refractivity contribution in [3.63, 3.8) is 0 Å². The van der Waals surface area contributed by atoms with Crippen molar-refractivity contribution in [1.29, 1.82) is 0 Å². The van der Waals surface area contributed by atoms with E-state index in [0.717, 1.165) is 38.3 Å². The number of aliphatic carboxylic acids is 1. The van der Waals surface area contributed by atoms with Gasteiger partial charge in [0, 0.05) is 25.6 Å². The molecule has 1 aliphatic carbocycles. The van der Waals surface area contributed by atoms with E-state index < -0.39 is 5.97 Å². The second kappa shape index (κ2) is 6.26. The summed E-state index contributed by atoms with van der Waals surface area (Å²) in [6, 6.07) is 0.0932. The van der Waals surface area contributed by atoms with Gasteiger partial charge in [-0.2, -0.15) is 0 Å². The number of nitrogens with zero attached hydrogens (tertiary/aromatic N) is 1. The van der Waals surface area contributed by atoms with Crippen LogP contribution in [-0.2, 0) is 4.79 Å². The molecule has 1 saturated carbocycles. The van der Waals surface area contributed by atoms with Crippen LogP contribution in [0.2, 0.25) is 0 Å². The molecule has 1 aliphatic heterocycles. The van der Waals surface area contributed by atoms with Gasteiger partial charge in [0.25, 0.3) is 0 Å². The van der Waals surface area contributed by atoms with Crippen molar-refractivity contribution in [2.24, 2.45) is 11.8 Å². The van der Waals surface area contributed by atoms with Crippen LogP contribution >= 0.6 is 0 Å². The van der Waals surface area contributed by atoms with E-state index in [1.807, 2.05) is 4.90 Å². The van der Waals surface area contributed by atoms with E-state index in [-0.39, 0.29) is 18.5 Å². The maximum atomic E-state index is 12.2. The van der Waals surface area contributed by atoms with Gasteiger partial charge in [0.05, 0.1) is 0 Å². The molecule has 2 amide bonds. The fraction of sp³-hybridized carbons (Fsp3) is 0.857. The first kappa shape index (κ1) is 14.2. The van der Waals surface area contributed by atoms with Crippen LogP contribution < -0.4 is 5.32 Å². The van der Waals surface area contributed by atoms with Gasteiger partial charge in [0.1, 0.15) is 0 Å². The molecule has 0 spiro atoms. The molecule has 0 aromatic rings. The average molecular weight is 268 g/mol.